The van der Waals surface area contributed by atoms with E-state index in [1.54, 1.807) is 0 Å². The predicted molar refractivity (Wildman–Crippen MR) is 72.1 cm³/mol. The fraction of sp³-hybridized carbons (Fsp3) is 0.154. The predicted octanol–water partition coefficient (Wildman–Crippen LogP) is 2.77. The standard InChI is InChI=1S/C13H10F4N2O2S/c14-10-3-1-2-4-11(10)19(22(20)21)8-9-5-6-12(18-7-9)13(15,16)17/h1-7,22H,8H2. The van der Waals surface area contributed by atoms with Crippen molar-refractivity contribution in [1.29, 1.82) is 0 Å². The molecule has 118 valence electrons. The number of para-hydroxylation sites is 1. The number of anilines is 1. The van der Waals surface area contributed by atoms with Crippen molar-refractivity contribution in [2.24, 2.45) is 0 Å². The van der Waals surface area contributed by atoms with E-state index in [4.69, 9.17) is 0 Å². The lowest BCUT2D eigenvalue weighted by Gasteiger charge is -2.18. The summed E-state index contributed by atoms with van der Waals surface area (Å²) >= 11 is 0. The van der Waals surface area contributed by atoms with Crippen LogP contribution in [0.2, 0.25) is 0 Å². The van der Waals surface area contributed by atoms with E-state index >= 15 is 0 Å². The highest BCUT2D eigenvalue weighted by atomic mass is 32.2. The first kappa shape index (κ1) is 16.2. The minimum atomic E-state index is -4.58. The van der Waals surface area contributed by atoms with Crippen molar-refractivity contribution in [2.45, 2.75) is 12.7 Å². The van der Waals surface area contributed by atoms with Crippen molar-refractivity contribution in [3.8, 4) is 0 Å². The van der Waals surface area contributed by atoms with Gasteiger partial charge in [-0.05, 0) is 23.8 Å². The third-order valence-electron chi connectivity index (χ3n) is 2.78. The Morgan fingerprint density at radius 1 is 1.09 bits per heavy atom. The molecular weight excluding hydrogens is 324 g/mol. The zero-order valence-electron chi connectivity index (χ0n) is 10.9. The fourth-order valence-corrected chi connectivity index (χ4v) is 2.37. The highest BCUT2D eigenvalue weighted by Crippen LogP contribution is 2.27. The number of pyridine rings is 1. The summed E-state index contributed by atoms with van der Waals surface area (Å²) in [4.78, 5) is 3.24. The first-order chi connectivity index (χ1) is 10.3. The lowest BCUT2D eigenvalue weighted by atomic mass is 10.2. The molecule has 0 unspecified atom stereocenters. The topological polar surface area (TPSA) is 50.3 Å². The molecule has 0 amide bonds. The normalized spacial score (nSPS) is 11.7. The van der Waals surface area contributed by atoms with E-state index in [0.717, 1.165) is 28.7 Å². The van der Waals surface area contributed by atoms with Crippen LogP contribution in [0.15, 0.2) is 42.6 Å². The number of hydrogen-bond donors (Lipinski definition) is 1. The molecule has 0 saturated heterocycles. The molecule has 2 rings (SSSR count). The number of halogens is 4. The molecule has 9 heteroatoms. The second-order valence-corrected chi connectivity index (χ2v) is 5.25. The summed E-state index contributed by atoms with van der Waals surface area (Å²) in [6.45, 7) is -0.315. The van der Waals surface area contributed by atoms with Gasteiger partial charge in [0.25, 0.3) is 0 Å². The van der Waals surface area contributed by atoms with Gasteiger partial charge in [-0.1, -0.05) is 18.2 Å². The summed E-state index contributed by atoms with van der Waals surface area (Å²) in [7, 11) is -3.17. The number of thiol groups is 1. The number of benzene rings is 1. The molecule has 0 N–H and O–H groups in total. The second-order valence-electron chi connectivity index (χ2n) is 4.30. The Kier molecular flexibility index (Phi) is 4.65. The van der Waals surface area contributed by atoms with Gasteiger partial charge in [0.05, 0.1) is 12.2 Å². The van der Waals surface area contributed by atoms with Gasteiger partial charge in [0.1, 0.15) is 11.5 Å². The van der Waals surface area contributed by atoms with E-state index in [2.05, 4.69) is 4.98 Å². The van der Waals surface area contributed by atoms with Gasteiger partial charge in [0, 0.05) is 6.20 Å². The Morgan fingerprint density at radius 2 is 1.77 bits per heavy atom. The maximum absolute atomic E-state index is 13.6. The lowest BCUT2D eigenvalue weighted by Crippen LogP contribution is -2.22. The zero-order valence-corrected chi connectivity index (χ0v) is 11.8. The second kappa shape index (κ2) is 6.30. The summed E-state index contributed by atoms with van der Waals surface area (Å²) in [5.41, 5.74) is -1.06. The van der Waals surface area contributed by atoms with Gasteiger partial charge in [0.2, 0.25) is 10.9 Å². The molecule has 1 aromatic heterocycles. The van der Waals surface area contributed by atoms with E-state index in [1.165, 1.54) is 18.2 Å². The molecule has 0 saturated carbocycles. The van der Waals surface area contributed by atoms with E-state index in [0.29, 0.717) is 0 Å². The summed E-state index contributed by atoms with van der Waals surface area (Å²) in [5, 5.41) is 0. The minimum absolute atomic E-state index is 0.182. The first-order valence-corrected chi connectivity index (χ1v) is 7.10. The van der Waals surface area contributed by atoms with E-state index < -0.39 is 28.6 Å². The smallest absolute Gasteiger partial charge is 0.265 e. The molecule has 0 aliphatic heterocycles. The van der Waals surface area contributed by atoms with Crippen molar-refractivity contribution in [2.75, 3.05) is 4.31 Å². The minimum Gasteiger partial charge on any atom is -0.265 e. The van der Waals surface area contributed by atoms with Crippen molar-refractivity contribution < 1.29 is 26.0 Å². The van der Waals surface area contributed by atoms with Gasteiger partial charge in [-0.3, -0.25) is 9.29 Å². The van der Waals surface area contributed by atoms with Crippen LogP contribution in [0.4, 0.5) is 23.2 Å². The largest absolute Gasteiger partial charge is 0.433 e. The van der Waals surface area contributed by atoms with Gasteiger partial charge in [-0.15, -0.1) is 0 Å². The molecular formula is C13H10F4N2O2S. The van der Waals surface area contributed by atoms with Crippen LogP contribution in [0.5, 0.6) is 0 Å². The Hall–Kier alpha value is -2.16. The SMILES string of the molecule is O=[SH](=O)N(Cc1ccc(C(F)(F)F)nc1)c1ccccc1F. The molecule has 0 spiro atoms. The van der Waals surface area contributed by atoms with Crippen LogP contribution >= 0.6 is 0 Å². The molecule has 4 nitrogen and oxygen atoms in total. The number of hydrogen-bond acceptors (Lipinski definition) is 3. The third kappa shape index (κ3) is 3.73. The van der Waals surface area contributed by atoms with Crippen LogP contribution in [0, 0.1) is 5.82 Å². The van der Waals surface area contributed by atoms with E-state index in [9.17, 15) is 26.0 Å². The molecule has 0 atom stereocenters. The summed E-state index contributed by atoms with van der Waals surface area (Å²) in [6, 6.07) is 7.04. The van der Waals surface area contributed by atoms with Gasteiger partial charge >= 0.3 is 6.18 Å². The maximum atomic E-state index is 13.6. The van der Waals surface area contributed by atoms with Crippen molar-refractivity contribution in [1.82, 2.24) is 4.98 Å². The number of nitrogens with zero attached hydrogens (tertiary/aromatic N) is 2. The fourth-order valence-electron chi connectivity index (χ4n) is 1.75. The van der Waals surface area contributed by atoms with Crippen molar-refractivity contribution in [3.63, 3.8) is 0 Å². The Labute approximate surface area is 125 Å². The van der Waals surface area contributed by atoms with Crippen molar-refractivity contribution in [3.05, 3.63) is 59.7 Å². The zero-order chi connectivity index (χ0) is 16.3. The molecule has 0 aliphatic carbocycles. The van der Waals surface area contributed by atoms with Gasteiger partial charge < -0.3 is 0 Å². The Bertz CT molecular complexity index is 722. The molecule has 1 heterocycles. The van der Waals surface area contributed by atoms with E-state index in [1.807, 2.05) is 0 Å². The number of aromatic nitrogens is 1. The average Bonchev–Trinajstić information content (AvgIpc) is 2.45. The molecule has 2 aromatic rings. The molecule has 1 aromatic carbocycles. The summed E-state index contributed by atoms with van der Waals surface area (Å²) in [5.74, 6) is -0.749. The van der Waals surface area contributed by atoms with Gasteiger partial charge in [0.15, 0.2) is 0 Å². The Balaban J connectivity index is 2.28. The third-order valence-corrected chi connectivity index (χ3v) is 3.53. The van der Waals surface area contributed by atoms with Crippen LogP contribution in [-0.2, 0) is 23.6 Å². The van der Waals surface area contributed by atoms with Crippen LogP contribution in [0.3, 0.4) is 0 Å². The monoisotopic (exact) mass is 334 g/mol. The van der Waals surface area contributed by atoms with Gasteiger partial charge in [-0.2, -0.15) is 13.2 Å². The molecule has 0 aliphatic rings. The van der Waals surface area contributed by atoms with E-state index in [-0.39, 0.29) is 17.8 Å². The van der Waals surface area contributed by atoms with Crippen LogP contribution in [0.1, 0.15) is 11.3 Å². The quantitative estimate of drug-likeness (QED) is 0.691. The first-order valence-electron chi connectivity index (χ1n) is 5.97. The van der Waals surface area contributed by atoms with Crippen LogP contribution < -0.4 is 4.31 Å². The molecule has 22 heavy (non-hydrogen) atoms. The average molecular weight is 334 g/mol. The summed E-state index contributed by atoms with van der Waals surface area (Å²) in [6.07, 6.45) is -3.66. The number of rotatable bonds is 4. The Morgan fingerprint density at radius 3 is 2.27 bits per heavy atom. The van der Waals surface area contributed by atoms with Crippen LogP contribution in [-0.4, -0.2) is 13.4 Å². The number of alkyl halides is 3. The van der Waals surface area contributed by atoms with Crippen molar-refractivity contribution >= 4 is 16.6 Å². The lowest BCUT2D eigenvalue weighted by molar-refractivity contribution is -0.141. The molecule has 0 radical (unpaired) electrons. The highest BCUT2D eigenvalue weighted by molar-refractivity contribution is 7.74. The van der Waals surface area contributed by atoms with Crippen LogP contribution in [0.25, 0.3) is 0 Å². The molecule has 0 fully saturated rings. The molecule has 0 bridgehead atoms. The summed E-state index contributed by atoms with van der Waals surface area (Å²) < 4.78 is 74.2. The van der Waals surface area contributed by atoms with Gasteiger partial charge in [-0.25, -0.2) is 12.8 Å². The highest BCUT2D eigenvalue weighted by Gasteiger charge is 2.32. The maximum Gasteiger partial charge on any atom is 0.433 e.